The summed E-state index contributed by atoms with van der Waals surface area (Å²) < 4.78 is 8.33. The quantitative estimate of drug-likeness (QED) is 0.268. The van der Waals surface area contributed by atoms with Crippen molar-refractivity contribution in [2.75, 3.05) is 6.61 Å². The number of aryl methyl sites for hydroxylation is 2. The molecule has 1 atom stereocenters. The average Bonchev–Trinajstić information content (AvgIpc) is 3.18. The Balaban J connectivity index is 1.39. The summed E-state index contributed by atoms with van der Waals surface area (Å²) in [5, 5.41) is 0. The minimum absolute atomic E-state index is 0.599. The topological polar surface area (TPSA) is 27.1 Å². The van der Waals surface area contributed by atoms with E-state index in [1.807, 2.05) is 0 Å². The number of benzene rings is 3. The Morgan fingerprint density at radius 3 is 2.39 bits per heavy atom. The molecule has 0 amide bonds. The van der Waals surface area contributed by atoms with Crippen LogP contribution >= 0.6 is 0 Å². The van der Waals surface area contributed by atoms with Gasteiger partial charge in [-0.25, -0.2) is 4.98 Å². The van der Waals surface area contributed by atoms with E-state index in [2.05, 4.69) is 98.1 Å². The minimum Gasteiger partial charge on any atom is -0.494 e. The number of fused-ring (bicyclic) bond motifs is 1. The fourth-order valence-corrected chi connectivity index (χ4v) is 3.92. The molecule has 3 aromatic carbocycles. The number of ether oxygens (including phenoxy) is 1. The molecule has 0 aliphatic heterocycles. The first-order valence-electron chi connectivity index (χ1n) is 11.4. The molecule has 0 fully saturated rings. The highest BCUT2D eigenvalue weighted by Gasteiger charge is 2.12. The highest BCUT2D eigenvalue weighted by molar-refractivity contribution is 5.80. The van der Waals surface area contributed by atoms with E-state index in [9.17, 15) is 0 Å². The van der Waals surface area contributed by atoms with Gasteiger partial charge in [-0.3, -0.25) is 0 Å². The zero-order valence-corrected chi connectivity index (χ0v) is 18.8. The molecule has 1 aromatic heterocycles. The molecule has 0 bridgehead atoms. The molecule has 0 spiro atoms. The molecule has 4 rings (SSSR count). The van der Waals surface area contributed by atoms with Crippen LogP contribution in [0.1, 0.15) is 50.2 Å². The van der Waals surface area contributed by atoms with E-state index in [0.29, 0.717) is 5.92 Å². The van der Waals surface area contributed by atoms with Crippen LogP contribution in [0.25, 0.3) is 22.4 Å². The van der Waals surface area contributed by atoms with Crippen LogP contribution in [0.3, 0.4) is 0 Å². The van der Waals surface area contributed by atoms with Gasteiger partial charge in [0.15, 0.2) is 0 Å². The summed E-state index contributed by atoms with van der Waals surface area (Å²) in [4.78, 5) is 4.92. The Bertz CT molecular complexity index is 1110. The van der Waals surface area contributed by atoms with E-state index in [1.54, 1.807) is 0 Å². The van der Waals surface area contributed by atoms with Gasteiger partial charge >= 0.3 is 0 Å². The highest BCUT2D eigenvalue weighted by Crippen LogP contribution is 2.26. The molecule has 1 unspecified atom stereocenters. The highest BCUT2D eigenvalue weighted by atomic mass is 16.5. The zero-order chi connectivity index (χ0) is 21.6. The lowest BCUT2D eigenvalue weighted by Gasteiger charge is -2.12. The van der Waals surface area contributed by atoms with Gasteiger partial charge in [-0.05, 0) is 61.9 Å². The van der Waals surface area contributed by atoms with Crippen molar-refractivity contribution in [1.82, 2.24) is 9.55 Å². The SMILES string of the molecule is CCC(C)c1ccc(OCCCCn2c(-c3ccc(C)cc3)nc3ccccc32)cc1. The summed E-state index contributed by atoms with van der Waals surface area (Å²) in [5.41, 5.74) is 6.06. The molecule has 3 heteroatoms. The normalized spacial score (nSPS) is 12.2. The van der Waals surface area contributed by atoms with E-state index in [1.165, 1.54) is 22.2 Å². The summed E-state index contributed by atoms with van der Waals surface area (Å²) in [5.74, 6) is 2.60. The van der Waals surface area contributed by atoms with Gasteiger partial charge < -0.3 is 9.30 Å². The molecule has 0 saturated heterocycles. The molecule has 1 heterocycles. The van der Waals surface area contributed by atoms with Gasteiger partial charge in [0.05, 0.1) is 17.6 Å². The van der Waals surface area contributed by atoms with Crippen molar-refractivity contribution in [2.45, 2.75) is 52.5 Å². The predicted molar refractivity (Wildman–Crippen MR) is 130 cm³/mol. The van der Waals surface area contributed by atoms with Gasteiger partial charge in [-0.1, -0.05) is 67.9 Å². The Morgan fingerprint density at radius 2 is 1.65 bits per heavy atom. The van der Waals surface area contributed by atoms with Crippen molar-refractivity contribution in [3.63, 3.8) is 0 Å². The smallest absolute Gasteiger partial charge is 0.141 e. The van der Waals surface area contributed by atoms with E-state index < -0.39 is 0 Å². The first-order chi connectivity index (χ1) is 15.2. The largest absolute Gasteiger partial charge is 0.494 e. The summed E-state index contributed by atoms with van der Waals surface area (Å²) in [6.07, 6.45) is 3.21. The van der Waals surface area contributed by atoms with Crippen LogP contribution in [-0.4, -0.2) is 16.2 Å². The van der Waals surface area contributed by atoms with Crippen molar-refractivity contribution in [3.05, 3.63) is 83.9 Å². The number of aromatic nitrogens is 2. The van der Waals surface area contributed by atoms with E-state index >= 15 is 0 Å². The molecular weight excluding hydrogens is 380 g/mol. The first kappa shape index (κ1) is 21.2. The van der Waals surface area contributed by atoms with Crippen molar-refractivity contribution >= 4 is 11.0 Å². The third-order valence-corrected chi connectivity index (χ3v) is 6.07. The van der Waals surface area contributed by atoms with Gasteiger partial charge in [0.1, 0.15) is 11.6 Å². The van der Waals surface area contributed by atoms with Crippen molar-refractivity contribution in [1.29, 1.82) is 0 Å². The van der Waals surface area contributed by atoms with Gasteiger partial charge in [-0.15, -0.1) is 0 Å². The fraction of sp³-hybridized carbons (Fsp3) is 0.321. The summed E-state index contributed by atoms with van der Waals surface area (Å²) in [6.45, 7) is 8.27. The number of imidazole rings is 1. The summed E-state index contributed by atoms with van der Waals surface area (Å²) >= 11 is 0. The van der Waals surface area contributed by atoms with E-state index in [0.717, 1.165) is 49.5 Å². The lowest BCUT2D eigenvalue weighted by Crippen LogP contribution is -2.04. The summed E-state index contributed by atoms with van der Waals surface area (Å²) in [7, 11) is 0. The number of hydrogen-bond acceptors (Lipinski definition) is 2. The third kappa shape index (κ3) is 4.99. The Morgan fingerprint density at radius 1 is 0.903 bits per heavy atom. The molecule has 160 valence electrons. The van der Waals surface area contributed by atoms with Crippen LogP contribution in [0.4, 0.5) is 0 Å². The van der Waals surface area contributed by atoms with Gasteiger partial charge in [0.2, 0.25) is 0 Å². The van der Waals surface area contributed by atoms with Gasteiger partial charge in [-0.2, -0.15) is 0 Å². The molecule has 4 aromatic rings. The van der Waals surface area contributed by atoms with Crippen LogP contribution in [0, 0.1) is 6.92 Å². The molecule has 31 heavy (non-hydrogen) atoms. The maximum Gasteiger partial charge on any atom is 0.141 e. The number of rotatable bonds is 9. The second-order valence-corrected chi connectivity index (χ2v) is 8.38. The number of unbranched alkanes of at least 4 members (excludes halogenated alkanes) is 1. The third-order valence-electron chi connectivity index (χ3n) is 6.07. The maximum absolute atomic E-state index is 5.98. The van der Waals surface area contributed by atoms with E-state index in [4.69, 9.17) is 9.72 Å². The molecule has 0 radical (unpaired) electrons. The molecule has 0 N–H and O–H groups in total. The predicted octanol–water partition coefficient (Wildman–Crippen LogP) is 7.38. The molecule has 0 aliphatic carbocycles. The fourth-order valence-electron chi connectivity index (χ4n) is 3.92. The Kier molecular flexibility index (Phi) is 6.71. The monoisotopic (exact) mass is 412 g/mol. The zero-order valence-electron chi connectivity index (χ0n) is 18.8. The lowest BCUT2D eigenvalue weighted by atomic mass is 9.99. The average molecular weight is 413 g/mol. The van der Waals surface area contributed by atoms with Crippen LogP contribution in [0.15, 0.2) is 72.8 Å². The second-order valence-electron chi connectivity index (χ2n) is 8.38. The van der Waals surface area contributed by atoms with Gasteiger partial charge in [0.25, 0.3) is 0 Å². The molecule has 0 aliphatic rings. The second kappa shape index (κ2) is 9.82. The maximum atomic E-state index is 5.98. The van der Waals surface area contributed by atoms with Crippen LogP contribution < -0.4 is 4.74 Å². The standard InChI is InChI=1S/C28H32N2O/c1-4-22(3)23-15-17-25(18-16-23)31-20-8-7-19-30-27-10-6-5-9-26(27)29-28(30)24-13-11-21(2)12-14-24/h5-6,9-18,22H,4,7-8,19-20H2,1-3H3. The number of nitrogens with zero attached hydrogens (tertiary/aromatic N) is 2. The Hall–Kier alpha value is -3.07. The number of para-hydroxylation sites is 2. The summed E-state index contributed by atoms with van der Waals surface area (Å²) in [6, 6.07) is 25.6. The van der Waals surface area contributed by atoms with E-state index in [-0.39, 0.29) is 0 Å². The molecule has 3 nitrogen and oxygen atoms in total. The van der Waals surface area contributed by atoms with Gasteiger partial charge in [0, 0.05) is 12.1 Å². The molecular formula is C28H32N2O. The van der Waals surface area contributed by atoms with Crippen molar-refractivity contribution in [3.8, 4) is 17.1 Å². The van der Waals surface area contributed by atoms with Crippen LogP contribution in [-0.2, 0) is 6.54 Å². The lowest BCUT2D eigenvalue weighted by molar-refractivity contribution is 0.303. The first-order valence-corrected chi connectivity index (χ1v) is 11.4. The van der Waals surface area contributed by atoms with Crippen LogP contribution in [0.2, 0.25) is 0 Å². The Labute approximate surface area is 185 Å². The molecule has 0 saturated carbocycles. The van der Waals surface area contributed by atoms with Crippen molar-refractivity contribution < 1.29 is 4.74 Å². The van der Waals surface area contributed by atoms with Crippen molar-refractivity contribution in [2.24, 2.45) is 0 Å². The van der Waals surface area contributed by atoms with Crippen LogP contribution in [0.5, 0.6) is 5.75 Å². The minimum atomic E-state index is 0.599. The number of hydrogen-bond donors (Lipinski definition) is 0.